The molecule has 1 fully saturated rings. The summed E-state index contributed by atoms with van der Waals surface area (Å²) in [7, 11) is 1.65. The van der Waals surface area contributed by atoms with Gasteiger partial charge in [0.05, 0.1) is 13.2 Å². The highest BCUT2D eigenvalue weighted by Crippen LogP contribution is 2.32. The van der Waals surface area contributed by atoms with E-state index in [4.69, 9.17) is 10.5 Å². The molecule has 6 nitrogen and oxygen atoms in total. The number of likely N-dealkylation sites (tertiary alicyclic amines) is 1. The number of rotatable bonds is 5. The second kappa shape index (κ2) is 9.26. The zero-order chi connectivity index (χ0) is 19.9. The van der Waals surface area contributed by atoms with Crippen LogP contribution in [0.4, 0.5) is 4.79 Å². The molecule has 0 bridgehead atoms. The van der Waals surface area contributed by atoms with Gasteiger partial charge in [-0.2, -0.15) is 0 Å². The molecule has 2 aromatic rings. The third kappa shape index (κ3) is 4.82. The molecule has 1 aliphatic heterocycles. The van der Waals surface area contributed by atoms with E-state index in [1.165, 1.54) is 0 Å². The van der Waals surface area contributed by atoms with Crippen LogP contribution in [0.1, 0.15) is 53.2 Å². The fourth-order valence-corrected chi connectivity index (χ4v) is 3.64. The number of nitrogens with zero attached hydrogens (tertiary/aromatic N) is 1. The molecule has 1 unspecified atom stereocenters. The van der Waals surface area contributed by atoms with Crippen LogP contribution < -0.4 is 15.8 Å². The standard InChI is InChI=1S/C22H27N3O3/c1-28-19-12-10-17(11-13-19)20-5-3-2-4-14-25(20)21(26)18-8-6-16(7-9-18)15-24-22(23)27/h6-13,20H,2-5,14-15H2,1H3,(H3,23,24,27). The highest BCUT2D eigenvalue weighted by atomic mass is 16.5. The molecule has 1 saturated heterocycles. The van der Waals surface area contributed by atoms with Crippen molar-refractivity contribution in [2.75, 3.05) is 13.7 Å². The highest BCUT2D eigenvalue weighted by molar-refractivity contribution is 5.94. The number of nitrogens with one attached hydrogen (secondary N) is 1. The summed E-state index contributed by atoms with van der Waals surface area (Å²) in [6.45, 7) is 1.10. The molecular formula is C22H27N3O3. The summed E-state index contributed by atoms with van der Waals surface area (Å²) in [5.74, 6) is 0.854. The summed E-state index contributed by atoms with van der Waals surface area (Å²) in [6, 6.07) is 14.8. The van der Waals surface area contributed by atoms with Crippen LogP contribution >= 0.6 is 0 Å². The van der Waals surface area contributed by atoms with Gasteiger partial charge in [-0.1, -0.05) is 37.1 Å². The van der Waals surface area contributed by atoms with Gasteiger partial charge < -0.3 is 20.7 Å². The van der Waals surface area contributed by atoms with Crippen molar-refractivity contribution in [3.05, 3.63) is 65.2 Å². The van der Waals surface area contributed by atoms with Crippen LogP contribution in [-0.2, 0) is 6.54 Å². The zero-order valence-electron chi connectivity index (χ0n) is 16.2. The normalized spacial score (nSPS) is 16.9. The maximum Gasteiger partial charge on any atom is 0.312 e. The van der Waals surface area contributed by atoms with Crippen molar-refractivity contribution in [2.45, 2.75) is 38.3 Å². The number of hydrogen-bond acceptors (Lipinski definition) is 3. The maximum atomic E-state index is 13.2. The average molecular weight is 381 g/mol. The Morgan fingerprint density at radius 1 is 1.07 bits per heavy atom. The number of amides is 3. The molecule has 6 heteroatoms. The lowest BCUT2D eigenvalue weighted by atomic mass is 9.99. The maximum absolute atomic E-state index is 13.2. The van der Waals surface area contributed by atoms with Crippen molar-refractivity contribution in [3.8, 4) is 5.75 Å². The smallest absolute Gasteiger partial charge is 0.312 e. The van der Waals surface area contributed by atoms with Crippen LogP contribution in [0, 0.1) is 0 Å². The lowest BCUT2D eigenvalue weighted by Gasteiger charge is -2.31. The monoisotopic (exact) mass is 381 g/mol. The van der Waals surface area contributed by atoms with E-state index in [1.807, 2.05) is 53.4 Å². The third-order valence-corrected chi connectivity index (χ3v) is 5.18. The van der Waals surface area contributed by atoms with Gasteiger partial charge in [-0.05, 0) is 48.2 Å². The first-order chi connectivity index (χ1) is 13.6. The van der Waals surface area contributed by atoms with Gasteiger partial charge in [-0.25, -0.2) is 4.79 Å². The van der Waals surface area contributed by atoms with Crippen LogP contribution in [-0.4, -0.2) is 30.5 Å². The Kier molecular flexibility index (Phi) is 6.53. The summed E-state index contributed by atoms with van der Waals surface area (Å²) < 4.78 is 5.26. The molecule has 28 heavy (non-hydrogen) atoms. The van der Waals surface area contributed by atoms with Crippen LogP contribution in [0.15, 0.2) is 48.5 Å². The number of hydrogen-bond donors (Lipinski definition) is 2. The molecule has 3 N–H and O–H groups in total. The number of primary amides is 1. The molecule has 0 spiro atoms. The Balaban J connectivity index is 1.79. The summed E-state index contributed by atoms with van der Waals surface area (Å²) in [6.07, 6.45) is 4.21. The summed E-state index contributed by atoms with van der Waals surface area (Å²) >= 11 is 0. The van der Waals surface area contributed by atoms with Crippen molar-refractivity contribution >= 4 is 11.9 Å². The van der Waals surface area contributed by atoms with Crippen LogP contribution in [0.3, 0.4) is 0 Å². The predicted molar refractivity (Wildman–Crippen MR) is 108 cm³/mol. The number of carbonyl (C=O) groups excluding carboxylic acids is 2. The third-order valence-electron chi connectivity index (χ3n) is 5.18. The van der Waals surface area contributed by atoms with Gasteiger partial charge in [0.15, 0.2) is 0 Å². The second-order valence-electron chi connectivity index (χ2n) is 7.05. The number of methoxy groups -OCH3 is 1. The quantitative estimate of drug-likeness (QED) is 0.829. The Morgan fingerprint density at radius 3 is 2.43 bits per heavy atom. The fourth-order valence-electron chi connectivity index (χ4n) is 3.64. The largest absolute Gasteiger partial charge is 0.497 e. The zero-order valence-corrected chi connectivity index (χ0v) is 16.2. The van der Waals surface area contributed by atoms with Crippen molar-refractivity contribution in [2.24, 2.45) is 5.73 Å². The minimum absolute atomic E-state index is 0.0390. The van der Waals surface area contributed by atoms with E-state index in [2.05, 4.69) is 5.32 Å². The van der Waals surface area contributed by atoms with Crippen LogP contribution in [0.2, 0.25) is 0 Å². The van der Waals surface area contributed by atoms with Crippen molar-refractivity contribution < 1.29 is 14.3 Å². The van der Waals surface area contributed by atoms with E-state index in [-0.39, 0.29) is 11.9 Å². The number of carbonyl (C=O) groups is 2. The first kappa shape index (κ1) is 19.7. The molecule has 0 aliphatic carbocycles. The first-order valence-electron chi connectivity index (χ1n) is 9.65. The van der Waals surface area contributed by atoms with Gasteiger partial charge in [0.25, 0.3) is 5.91 Å². The second-order valence-corrected chi connectivity index (χ2v) is 7.05. The number of ether oxygens (including phenoxy) is 1. The van der Waals surface area contributed by atoms with Crippen LogP contribution in [0.25, 0.3) is 0 Å². The van der Waals surface area contributed by atoms with Gasteiger partial charge in [-0.15, -0.1) is 0 Å². The molecule has 3 amide bonds. The van der Waals surface area contributed by atoms with Gasteiger partial charge in [0, 0.05) is 18.7 Å². The van der Waals surface area contributed by atoms with Crippen molar-refractivity contribution in [3.63, 3.8) is 0 Å². The highest BCUT2D eigenvalue weighted by Gasteiger charge is 2.27. The number of urea groups is 1. The fraction of sp³-hybridized carbons (Fsp3) is 0.364. The van der Waals surface area contributed by atoms with E-state index in [0.29, 0.717) is 12.1 Å². The lowest BCUT2D eigenvalue weighted by Crippen LogP contribution is -2.34. The molecule has 148 valence electrons. The molecule has 0 aromatic heterocycles. The first-order valence-corrected chi connectivity index (χ1v) is 9.65. The molecule has 1 heterocycles. The van der Waals surface area contributed by atoms with Crippen molar-refractivity contribution in [1.82, 2.24) is 10.2 Å². The molecule has 0 radical (unpaired) electrons. The van der Waals surface area contributed by atoms with E-state index in [0.717, 1.165) is 49.1 Å². The van der Waals surface area contributed by atoms with Gasteiger partial charge in [-0.3, -0.25) is 4.79 Å². The van der Waals surface area contributed by atoms with Gasteiger partial charge in [0.2, 0.25) is 0 Å². The van der Waals surface area contributed by atoms with Gasteiger partial charge >= 0.3 is 6.03 Å². The molecule has 1 aliphatic rings. The van der Waals surface area contributed by atoms with Crippen molar-refractivity contribution in [1.29, 1.82) is 0 Å². The Labute approximate surface area is 165 Å². The Hall–Kier alpha value is -3.02. The lowest BCUT2D eigenvalue weighted by molar-refractivity contribution is 0.0681. The number of nitrogens with two attached hydrogens (primary N) is 1. The number of benzene rings is 2. The van der Waals surface area contributed by atoms with Crippen LogP contribution in [0.5, 0.6) is 5.75 Å². The van der Waals surface area contributed by atoms with E-state index in [1.54, 1.807) is 7.11 Å². The van der Waals surface area contributed by atoms with Gasteiger partial charge in [0.1, 0.15) is 5.75 Å². The predicted octanol–water partition coefficient (Wildman–Crippen LogP) is 3.62. The Morgan fingerprint density at radius 2 is 1.79 bits per heavy atom. The minimum Gasteiger partial charge on any atom is -0.497 e. The van der Waals surface area contributed by atoms with E-state index < -0.39 is 6.03 Å². The van der Waals surface area contributed by atoms with E-state index in [9.17, 15) is 9.59 Å². The Bertz CT molecular complexity index is 803. The molecule has 1 atom stereocenters. The molecule has 3 rings (SSSR count). The summed E-state index contributed by atoms with van der Waals surface area (Å²) in [5.41, 5.74) is 7.79. The molecule has 2 aromatic carbocycles. The topological polar surface area (TPSA) is 84.7 Å². The molecular weight excluding hydrogens is 354 g/mol. The summed E-state index contributed by atoms with van der Waals surface area (Å²) in [4.78, 5) is 26.1. The summed E-state index contributed by atoms with van der Waals surface area (Å²) in [5, 5.41) is 2.55. The van der Waals surface area contributed by atoms with E-state index >= 15 is 0 Å². The average Bonchev–Trinajstić information content (AvgIpc) is 2.98. The SMILES string of the molecule is COc1ccc(C2CCCCCN2C(=O)c2ccc(CNC(N)=O)cc2)cc1. The molecule has 0 saturated carbocycles. The minimum atomic E-state index is -0.563.